The van der Waals surface area contributed by atoms with Gasteiger partial charge in [0.2, 0.25) is 5.89 Å². The first-order valence-corrected chi connectivity index (χ1v) is 6.31. The van der Waals surface area contributed by atoms with Crippen LogP contribution in [0.25, 0.3) is 0 Å². The van der Waals surface area contributed by atoms with Crippen LogP contribution in [0.1, 0.15) is 49.7 Å². The molecule has 4 heteroatoms. The van der Waals surface area contributed by atoms with E-state index in [4.69, 9.17) is 4.52 Å². The Kier molecular flexibility index (Phi) is 2.46. The zero-order valence-electron chi connectivity index (χ0n) is 9.83. The Balaban J connectivity index is 1.88. The molecule has 3 rings (SSSR count). The Bertz CT molecular complexity index is 368. The standard InChI is InChI=1S/C12H19N3O/c1-9-14-11(15-16-9)10-7-13-8-12(10)5-3-2-4-6-12/h10,13H,2-8H2,1H3/t10-/m0/s1. The van der Waals surface area contributed by atoms with Gasteiger partial charge in [-0.3, -0.25) is 0 Å². The van der Waals surface area contributed by atoms with Crippen molar-refractivity contribution in [3.8, 4) is 0 Å². The van der Waals surface area contributed by atoms with E-state index in [1.807, 2.05) is 6.92 Å². The van der Waals surface area contributed by atoms with Gasteiger partial charge in [-0.05, 0) is 18.3 Å². The summed E-state index contributed by atoms with van der Waals surface area (Å²) in [7, 11) is 0. The van der Waals surface area contributed by atoms with Crippen molar-refractivity contribution >= 4 is 0 Å². The van der Waals surface area contributed by atoms with Crippen molar-refractivity contribution in [2.24, 2.45) is 5.41 Å². The van der Waals surface area contributed by atoms with E-state index >= 15 is 0 Å². The number of hydrogen-bond donors (Lipinski definition) is 1. The Morgan fingerprint density at radius 3 is 2.81 bits per heavy atom. The highest BCUT2D eigenvalue weighted by atomic mass is 16.5. The van der Waals surface area contributed by atoms with Gasteiger partial charge in [0, 0.05) is 25.9 Å². The monoisotopic (exact) mass is 221 g/mol. The summed E-state index contributed by atoms with van der Waals surface area (Å²) in [5.41, 5.74) is 0.411. The third kappa shape index (κ3) is 1.56. The number of rotatable bonds is 1. The van der Waals surface area contributed by atoms with E-state index in [1.54, 1.807) is 0 Å². The number of aromatic nitrogens is 2. The van der Waals surface area contributed by atoms with Gasteiger partial charge < -0.3 is 9.84 Å². The van der Waals surface area contributed by atoms with E-state index in [9.17, 15) is 0 Å². The predicted molar refractivity (Wildman–Crippen MR) is 60.2 cm³/mol. The molecule has 1 atom stereocenters. The molecule has 1 aromatic heterocycles. The first-order valence-electron chi connectivity index (χ1n) is 6.31. The predicted octanol–water partition coefficient (Wildman–Crippen LogP) is 2.02. The van der Waals surface area contributed by atoms with Crippen LogP contribution >= 0.6 is 0 Å². The summed E-state index contributed by atoms with van der Waals surface area (Å²) in [6.07, 6.45) is 6.74. The average molecular weight is 221 g/mol. The molecule has 0 unspecified atom stereocenters. The SMILES string of the molecule is Cc1nc([C@@H]2CNCC23CCCCC3)no1. The second-order valence-corrected chi connectivity index (χ2v) is 5.28. The summed E-state index contributed by atoms with van der Waals surface area (Å²) in [5.74, 6) is 2.07. The molecule has 1 spiro atoms. The van der Waals surface area contributed by atoms with Crippen LogP contribution < -0.4 is 5.32 Å². The summed E-state index contributed by atoms with van der Waals surface area (Å²) in [6.45, 7) is 4.01. The second kappa shape index (κ2) is 3.84. The lowest BCUT2D eigenvalue weighted by Crippen LogP contribution is -2.31. The maximum absolute atomic E-state index is 5.12. The molecule has 1 aromatic rings. The van der Waals surface area contributed by atoms with Gasteiger partial charge in [-0.1, -0.05) is 24.4 Å². The van der Waals surface area contributed by atoms with Crippen molar-refractivity contribution in [1.29, 1.82) is 0 Å². The lowest BCUT2D eigenvalue weighted by Gasteiger charge is -2.36. The molecule has 0 bridgehead atoms. The van der Waals surface area contributed by atoms with Gasteiger partial charge in [0.1, 0.15) is 0 Å². The normalized spacial score (nSPS) is 28.7. The average Bonchev–Trinajstić information content (AvgIpc) is 2.87. The molecule has 0 amide bonds. The Labute approximate surface area is 95.8 Å². The number of hydrogen-bond acceptors (Lipinski definition) is 4. The van der Waals surface area contributed by atoms with Crippen LogP contribution in [-0.2, 0) is 0 Å². The van der Waals surface area contributed by atoms with Crippen LogP contribution in [0, 0.1) is 12.3 Å². The molecule has 0 aromatic carbocycles. The minimum Gasteiger partial charge on any atom is -0.340 e. The van der Waals surface area contributed by atoms with Gasteiger partial charge in [0.25, 0.3) is 0 Å². The van der Waals surface area contributed by atoms with Crippen LogP contribution in [0.2, 0.25) is 0 Å². The molecular weight excluding hydrogens is 202 g/mol. The van der Waals surface area contributed by atoms with Crippen LogP contribution in [0.15, 0.2) is 4.52 Å². The molecule has 4 nitrogen and oxygen atoms in total. The lowest BCUT2D eigenvalue weighted by atomic mass is 9.67. The van der Waals surface area contributed by atoms with Crippen molar-refractivity contribution in [3.63, 3.8) is 0 Å². The van der Waals surface area contributed by atoms with Crippen molar-refractivity contribution in [1.82, 2.24) is 15.5 Å². The van der Waals surface area contributed by atoms with E-state index in [0.29, 0.717) is 17.2 Å². The largest absolute Gasteiger partial charge is 0.340 e. The van der Waals surface area contributed by atoms with Gasteiger partial charge in [-0.25, -0.2) is 0 Å². The highest BCUT2D eigenvalue weighted by Gasteiger charge is 2.46. The highest BCUT2D eigenvalue weighted by Crippen LogP contribution is 2.48. The van der Waals surface area contributed by atoms with Crippen molar-refractivity contribution < 1.29 is 4.52 Å². The second-order valence-electron chi connectivity index (χ2n) is 5.28. The number of nitrogens with zero attached hydrogens (tertiary/aromatic N) is 2. The van der Waals surface area contributed by atoms with E-state index in [1.165, 1.54) is 32.1 Å². The lowest BCUT2D eigenvalue weighted by molar-refractivity contribution is 0.182. The summed E-state index contributed by atoms with van der Waals surface area (Å²) >= 11 is 0. The van der Waals surface area contributed by atoms with E-state index in [0.717, 1.165) is 18.9 Å². The van der Waals surface area contributed by atoms with E-state index in [-0.39, 0.29) is 0 Å². The van der Waals surface area contributed by atoms with Gasteiger partial charge in [0.15, 0.2) is 5.82 Å². The van der Waals surface area contributed by atoms with Crippen molar-refractivity contribution in [3.05, 3.63) is 11.7 Å². The molecule has 88 valence electrons. The van der Waals surface area contributed by atoms with Gasteiger partial charge >= 0.3 is 0 Å². The Morgan fingerprint density at radius 2 is 2.12 bits per heavy atom. The molecule has 1 aliphatic carbocycles. The van der Waals surface area contributed by atoms with Crippen LogP contribution in [0.3, 0.4) is 0 Å². The minimum absolute atomic E-state index is 0.411. The van der Waals surface area contributed by atoms with Crippen LogP contribution in [0.4, 0.5) is 0 Å². The fourth-order valence-corrected chi connectivity index (χ4v) is 3.41. The third-order valence-corrected chi connectivity index (χ3v) is 4.27. The van der Waals surface area contributed by atoms with E-state index in [2.05, 4.69) is 15.5 Å². The molecule has 2 fully saturated rings. The van der Waals surface area contributed by atoms with Crippen LogP contribution in [0.5, 0.6) is 0 Å². The zero-order chi connectivity index (χ0) is 11.0. The number of nitrogens with one attached hydrogen (secondary N) is 1. The van der Waals surface area contributed by atoms with Gasteiger partial charge in [-0.15, -0.1) is 0 Å². The van der Waals surface area contributed by atoms with Gasteiger partial charge in [0.05, 0.1) is 0 Å². The molecule has 1 N–H and O–H groups in total. The molecule has 16 heavy (non-hydrogen) atoms. The number of aryl methyl sites for hydroxylation is 1. The Morgan fingerprint density at radius 1 is 1.31 bits per heavy atom. The molecule has 1 saturated heterocycles. The molecule has 1 aliphatic heterocycles. The topological polar surface area (TPSA) is 51.0 Å². The smallest absolute Gasteiger partial charge is 0.223 e. The summed E-state index contributed by atoms with van der Waals surface area (Å²) < 4.78 is 5.12. The summed E-state index contributed by atoms with van der Waals surface area (Å²) in [4.78, 5) is 4.42. The third-order valence-electron chi connectivity index (χ3n) is 4.27. The maximum Gasteiger partial charge on any atom is 0.223 e. The van der Waals surface area contributed by atoms with Crippen molar-refractivity contribution in [2.45, 2.75) is 44.9 Å². The molecule has 0 radical (unpaired) electrons. The quantitative estimate of drug-likeness (QED) is 0.788. The first-order chi connectivity index (χ1) is 7.80. The molecule has 2 heterocycles. The maximum atomic E-state index is 5.12. The summed E-state index contributed by atoms with van der Waals surface area (Å²) in [6, 6.07) is 0. The van der Waals surface area contributed by atoms with Crippen molar-refractivity contribution in [2.75, 3.05) is 13.1 Å². The van der Waals surface area contributed by atoms with E-state index < -0.39 is 0 Å². The van der Waals surface area contributed by atoms with Crippen LogP contribution in [-0.4, -0.2) is 23.2 Å². The fraction of sp³-hybridized carbons (Fsp3) is 0.833. The molecular formula is C12H19N3O. The molecule has 1 saturated carbocycles. The highest BCUT2D eigenvalue weighted by molar-refractivity contribution is 5.10. The fourth-order valence-electron chi connectivity index (χ4n) is 3.41. The summed E-state index contributed by atoms with van der Waals surface area (Å²) in [5, 5.41) is 7.64. The molecule has 2 aliphatic rings. The Hall–Kier alpha value is -0.900. The zero-order valence-corrected chi connectivity index (χ0v) is 9.83. The minimum atomic E-state index is 0.411. The first kappa shape index (κ1) is 10.3. The van der Waals surface area contributed by atoms with Gasteiger partial charge in [-0.2, -0.15) is 4.98 Å².